The standard InChI is InChI=1S/C13H8Cl3NO3/c14-7-8-1-3-13(11(5-8)17(18)19)20-12-4-2-9(15)6-10(12)16/h1-6H,7H2. The Kier molecular flexibility index (Phi) is 4.70. The van der Waals surface area contributed by atoms with Crippen molar-refractivity contribution in [1.29, 1.82) is 0 Å². The number of alkyl halides is 1. The molecule has 0 saturated heterocycles. The van der Waals surface area contributed by atoms with Gasteiger partial charge < -0.3 is 4.74 Å². The lowest BCUT2D eigenvalue weighted by Crippen LogP contribution is -1.95. The third-order valence-electron chi connectivity index (χ3n) is 2.49. The first-order chi connectivity index (χ1) is 9.51. The molecule has 104 valence electrons. The van der Waals surface area contributed by atoms with Crippen LogP contribution < -0.4 is 4.74 Å². The molecule has 7 heteroatoms. The molecule has 0 unspecified atom stereocenters. The Morgan fingerprint density at radius 3 is 2.40 bits per heavy atom. The van der Waals surface area contributed by atoms with Gasteiger partial charge in [0, 0.05) is 17.0 Å². The van der Waals surface area contributed by atoms with Crippen molar-refractivity contribution in [3.63, 3.8) is 0 Å². The van der Waals surface area contributed by atoms with Crippen LogP contribution in [0.15, 0.2) is 36.4 Å². The highest BCUT2D eigenvalue weighted by atomic mass is 35.5. The maximum Gasteiger partial charge on any atom is 0.311 e. The van der Waals surface area contributed by atoms with Crippen LogP contribution in [0.1, 0.15) is 5.56 Å². The maximum absolute atomic E-state index is 11.0. The van der Waals surface area contributed by atoms with E-state index in [4.69, 9.17) is 39.5 Å². The third kappa shape index (κ3) is 3.33. The molecule has 0 bridgehead atoms. The zero-order valence-corrected chi connectivity index (χ0v) is 12.2. The third-order valence-corrected chi connectivity index (χ3v) is 3.33. The molecule has 2 rings (SSSR count). The van der Waals surface area contributed by atoms with Crippen LogP contribution >= 0.6 is 34.8 Å². The highest BCUT2D eigenvalue weighted by Gasteiger charge is 2.17. The first-order valence-electron chi connectivity index (χ1n) is 5.47. The summed E-state index contributed by atoms with van der Waals surface area (Å²) >= 11 is 17.4. The van der Waals surface area contributed by atoms with E-state index in [1.165, 1.54) is 18.2 Å². The van der Waals surface area contributed by atoms with Crippen LogP contribution in [0.25, 0.3) is 0 Å². The van der Waals surface area contributed by atoms with Gasteiger partial charge in [0.1, 0.15) is 5.75 Å². The van der Waals surface area contributed by atoms with E-state index >= 15 is 0 Å². The Morgan fingerprint density at radius 2 is 1.80 bits per heavy atom. The van der Waals surface area contributed by atoms with Crippen molar-refractivity contribution in [3.8, 4) is 11.5 Å². The summed E-state index contributed by atoms with van der Waals surface area (Å²) in [6.07, 6.45) is 0. The summed E-state index contributed by atoms with van der Waals surface area (Å²) in [7, 11) is 0. The monoisotopic (exact) mass is 331 g/mol. The highest BCUT2D eigenvalue weighted by Crippen LogP contribution is 2.36. The second-order valence-electron chi connectivity index (χ2n) is 3.87. The number of nitro benzene ring substituents is 1. The van der Waals surface area contributed by atoms with E-state index in [1.807, 2.05) is 0 Å². The molecule has 0 N–H and O–H groups in total. The number of nitrogens with zero attached hydrogens (tertiary/aromatic N) is 1. The van der Waals surface area contributed by atoms with E-state index in [-0.39, 0.29) is 28.1 Å². The van der Waals surface area contributed by atoms with Crippen LogP contribution in [0, 0.1) is 10.1 Å². The van der Waals surface area contributed by atoms with Crippen molar-refractivity contribution in [2.45, 2.75) is 5.88 Å². The lowest BCUT2D eigenvalue weighted by Gasteiger charge is -2.09. The summed E-state index contributed by atoms with van der Waals surface area (Å²) in [5.74, 6) is 0.564. The van der Waals surface area contributed by atoms with Crippen molar-refractivity contribution >= 4 is 40.5 Å². The van der Waals surface area contributed by atoms with E-state index in [2.05, 4.69) is 0 Å². The fourth-order valence-electron chi connectivity index (χ4n) is 1.55. The Balaban J connectivity index is 2.40. The molecule has 0 atom stereocenters. The van der Waals surface area contributed by atoms with E-state index < -0.39 is 4.92 Å². The normalized spacial score (nSPS) is 10.3. The summed E-state index contributed by atoms with van der Waals surface area (Å²) in [6, 6.07) is 9.13. The van der Waals surface area contributed by atoms with E-state index in [0.717, 1.165) is 0 Å². The van der Waals surface area contributed by atoms with Crippen molar-refractivity contribution < 1.29 is 9.66 Å². The average molecular weight is 333 g/mol. The summed E-state index contributed by atoms with van der Waals surface area (Å²) in [5.41, 5.74) is 0.460. The van der Waals surface area contributed by atoms with Crippen LogP contribution in [0.5, 0.6) is 11.5 Å². The Bertz CT molecular complexity index is 661. The zero-order chi connectivity index (χ0) is 14.7. The van der Waals surface area contributed by atoms with Crippen LogP contribution in [0.4, 0.5) is 5.69 Å². The number of rotatable bonds is 4. The Hall–Kier alpha value is -1.49. The Morgan fingerprint density at radius 1 is 1.10 bits per heavy atom. The molecule has 4 nitrogen and oxygen atoms in total. The molecule has 2 aromatic carbocycles. The first-order valence-corrected chi connectivity index (χ1v) is 6.76. The number of nitro groups is 1. The van der Waals surface area contributed by atoms with Gasteiger partial charge in [-0.05, 0) is 29.8 Å². The summed E-state index contributed by atoms with van der Waals surface area (Å²) in [6.45, 7) is 0. The molecular formula is C13H8Cl3NO3. The quantitative estimate of drug-likeness (QED) is 0.426. The average Bonchev–Trinajstić information content (AvgIpc) is 2.42. The van der Waals surface area contributed by atoms with Gasteiger partial charge in [-0.3, -0.25) is 10.1 Å². The van der Waals surface area contributed by atoms with Gasteiger partial charge in [-0.15, -0.1) is 11.6 Å². The van der Waals surface area contributed by atoms with E-state index in [0.29, 0.717) is 10.6 Å². The smallest absolute Gasteiger partial charge is 0.311 e. The largest absolute Gasteiger partial charge is 0.449 e. The molecule has 0 amide bonds. The van der Waals surface area contributed by atoms with Crippen molar-refractivity contribution in [3.05, 3.63) is 62.1 Å². The van der Waals surface area contributed by atoms with E-state index in [9.17, 15) is 10.1 Å². The number of halogens is 3. The molecular weight excluding hydrogens is 325 g/mol. The van der Waals surface area contributed by atoms with Crippen molar-refractivity contribution in [1.82, 2.24) is 0 Å². The molecule has 0 heterocycles. The van der Waals surface area contributed by atoms with Gasteiger partial charge in [-0.2, -0.15) is 0 Å². The fraction of sp³-hybridized carbons (Fsp3) is 0.0769. The second-order valence-corrected chi connectivity index (χ2v) is 4.98. The SMILES string of the molecule is O=[N+]([O-])c1cc(CCl)ccc1Oc1ccc(Cl)cc1Cl. The van der Waals surface area contributed by atoms with Gasteiger partial charge in [0.05, 0.1) is 9.95 Å². The molecule has 0 spiro atoms. The van der Waals surface area contributed by atoms with Crippen LogP contribution in [0.2, 0.25) is 10.0 Å². The van der Waals surface area contributed by atoms with Gasteiger partial charge in [0.25, 0.3) is 0 Å². The van der Waals surface area contributed by atoms with Gasteiger partial charge >= 0.3 is 5.69 Å². The minimum absolute atomic E-state index is 0.0908. The summed E-state index contributed by atoms with van der Waals surface area (Å²) in [5, 5.41) is 11.8. The lowest BCUT2D eigenvalue weighted by atomic mass is 10.2. The molecule has 0 saturated carbocycles. The van der Waals surface area contributed by atoms with Crippen LogP contribution in [-0.2, 0) is 5.88 Å². The predicted octanol–water partition coefficient (Wildman–Crippen LogP) is 5.43. The van der Waals surface area contributed by atoms with E-state index in [1.54, 1.807) is 18.2 Å². The summed E-state index contributed by atoms with van der Waals surface area (Å²) in [4.78, 5) is 10.5. The molecule has 0 aliphatic rings. The van der Waals surface area contributed by atoms with Crippen LogP contribution in [0.3, 0.4) is 0 Å². The second kappa shape index (κ2) is 6.31. The molecule has 0 fully saturated rings. The minimum Gasteiger partial charge on any atom is -0.449 e. The predicted molar refractivity (Wildman–Crippen MR) is 79.2 cm³/mol. The lowest BCUT2D eigenvalue weighted by molar-refractivity contribution is -0.385. The Labute approximate surface area is 130 Å². The topological polar surface area (TPSA) is 52.4 Å². The minimum atomic E-state index is -0.533. The highest BCUT2D eigenvalue weighted by molar-refractivity contribution is 6.35. The number of ether oxygens (including phenoxy) is 1. The molecule has 0 aliphatic heterocycles. The molecule has 2 aromatic rings. The maximum atomic E-state index is 11.0. The van der Waals surface area contributed by atoms with Gasteiger partial charge in [0.2, 0.25) is 5.75 Å². The number of hydrogen-bond donors (Lipinski definition) is 0. The van der Waals surface area contributed by atoms with Crippen molar-refractivity contribution in [2.75, 3.05) is 0 Å². The van der Waals surface area contributed by atoms with Gasteiger partial charge in [-0.25, -0.2) is 0 Å². The summed E-state index contributed by atoms with van der Waals surface area (Å²) < 4.78 is 5.48. The molecule has 0 aliphatic carbocycles. The van der Waals surface area contributed by atoms with Gasteiger partial charge in [0.15, 0.2) is 0 Å². The molecule has 0 radical (unpaired) electrons. The van der Waals surface area contributed by atoms with Crippen LogP contribution in [-0.4, -0.2) is 4.92 Å². The number of benzene rings is 2. The molecule has 20 heavy (non-hydrogen) atoms. The number of hydrogen-bond acceptors (Lipinski definition) is 3. The zero-order valence-electron chi connectivity index (χ0n) is 9.98. The fourth-order valence-corrected chi connectivity index (χ4v) is 2.16. The van der Waals surface area contributed by atoms with Gasteiger partial charge in [-0.1, -0.05) is 29.3 Å². The first kappa shape index (κ1) is 14.9. The molecule has 0 aromatic heterocycles. The van der Waals surface area contributed by atoms with Crippen molar-refractivity contribution in [2.24, 2.45) is 0 Å².